The lowest BCUT2D eigenvalue weighted by Gasteiger charge is -2.14. The number of nitrogens with one attached hydrogen (secondary N) is 1. The molecule has 1 N–H and O–H groups in total. The molecule has 1 aromatic heterocycles. The van der Waals surface area contributed by atoms with Crippen LogP contribution >= 0.6 is 15.9 Å². The fourth-order valence-electron chi connectivity index (χ4n) is 2.71. The van der Waals surface area contributed by atoms with Gasteiger partial charge in [0.1, 0.15) is 0 Å². The Kier molecular flexibility index (Phi) is 4.96. The van der Waals surface area contributed by atoms with E-state index in [9.17, 15) is 10.1 Å². The van der Waals surface area contributed by atoms with E-state index in [0.717, 1.165) is 32.3 Å². The zero-order valence-corrected chi connectivity index (χ0v) is 15.4. The standard InChI is InChI=1S/C18H17BrN4O2/c1-22(2)11-12-8-15(23(24)25)10-16-17(6-7-20-18(12)16)21-14-5-3-4-13(19)9-14/h3-10H,11H2,1-2H3,(H,20,21). The fourth-order valence-corrected chi connectivity index (χ4v) is 3.11. The minimum atomic E-state index is -0.367. The first-order chi connectivity index (χ1) is 11.9. The number of hydrogen-bond acceptors (Lipinski definition) is 5. The second-order valence-corrected chi connectivity index (χ2v) is 6.91. The van der Waals surface area contributed by atoms with Gasteiger partial charge in [0.05, 0.1) is 10.4 Å². The summed E-state index contributed by atoms with van der Waals surface area (Å²) < 4.78 is 0.954. The van der Waals surface area contributed by atoms with Gasteiger partial charge in [-0.3, -0.25) is 15.1 Å². The fraction of sp³-hybridized carbons (Fsp3) is 0.167. The molecule has 7 heteroatoms. The lowest BCUT2D eigenvalue weighted by molar-refractivity contribution is -0.384. The maximum Gasteiger partial charge on any atom is 0.270 e. The first-order valence-electron chi connectivity index (χ1n) is 7.67. The van der Waals surface area contributed by atoms with Crippen molar-refractivity contribution >= 4 is 43.9 Å². The number of aromatic nitrogens is 1. The Balaban J connectivity index is 2.15. The summed E-state index contributed by atoms with van der Waals surface area (Å²) in [7, 11) is 3.85. The van der Waals surface area contributed by atoms with E-state index in [2.05, 4.69) is 26.2 Å². The molecule has 0 aliphatic heterocycles. The maximum atomic E-state index is 11.3. The van der Waals surface area contributed by atoms with E-state index in [1.165, 1.54) is 0 Å². The van der Waals surface area contributed by atoms with E-state index in [1.807, 2.05) is 49.3 Å². The van der Waals surface area contributed by atoms with Crippen molar-refractivity contribution in [2.24, 2.45) is 0 Å². The predicted octanol–water partition coefficient (Wildman–Crippen LogP) is 4.71. The van der Waals surface area contributed by atoms with Crippen LogP contribution in [0.4, 0.5) is 17.1 Å². The van der Waals surface area contributed by atoms with Gasteiger partial charge in [-0.2, -0.15) is 0 Å². The Labute approximate surface area is 153 Å². The van der Waals surface area contributed by atoms with Crippen molar-refractivity contribution in [3.05, 3.63) is 68.8 Å². The molecule has 25 heavy (non-hydrogen) atoms. The van der Waals surface area contributed by atoms with E-state index >= 15 is 0 Å². The molecule has 0 saturated heterocycles. The zero-order valence-electron chi connectivity index (χ0n) is 13.9. The van der Waals surface area contributed by atoms with Crippen LogP contribution in [0, 0.1) is 10.1 Å². The summed E-state index contributed by atoms with van der Waals surface area (Å²) in [5, 5.41) is 15.4. The summed E-state index contributed by atoms with van der Waals surface area (Å²) in [5.74, 6) is 0. The van der Waals surface area contributed by atoms with Gasteiger partial charge in [0, 0.05) is 46.1 Å². The van der Waals surface area contributed by atoms with Gasteiger partial charge in [-0.15, -0.1) is 0 Å². The molecule has 128 valence electrons. The van der Waals surface area contributed by atoms with Crippen molar-refractivity contribution in [1.82, 2.24) is 9.88 Å². The molecular formula is C18H17BrN4O2. The first-order valence-corrected chi connectivity index (χ1v) is 8.46. The number of nitrogens with zero attached hydrogens (tertiary/aromatic N) is 3. The number of hydrogen-bond donors (Lipinski definition) is 1. The third-order valence-corrected chi connectivity index (χ3v) is 4.20. The maximum absolute atomic E-state index is 11.3. The van der Waals surface area contributed by atoms with Crippen LogP contribution in [0.15, 0.2) is 53.1 Å². The summed E-state index contributed by atoms with van der Waals surface area (Å²) in [4.78, 5) is 17.4. The minimum absolute atomic E-state index is 0.0645. The molecule has 0 unspecified atom stereocenters. The average molecular weight is 401 g/mol. The monoisotopic (exact) mass is 400 g/mol. The molecule has 6 nitrogen and oxygen atoms in total. The van der Waals surface area contributed by atoms with E-state index in [0.29, 0.717) is 6.54 Å². The number of halogens is 1. The molecule has 2 aromatic carbocycles. The van der Waals surface area contributed by atoms with Gasteiger partial charge in [-0.1, -0.05) is 22.0 Å². The van der Waals surface area contributed by atoms with Gasteiger partial charge < -0.3 is 10.2 Å². The molecule has 0 aliphatic rings. The Morgan fingerprint density at radius 2 is 2.04 bits per heavy atom. The predicted molar refractivity (Wildman–Crippen MR) is 103 cm³/mol. The van der Waals surface area contributed by atoms with Gasteiger partial charge in [-0.05, 0) is 43.9 Å². The summed E-state index contributed by atoms with van der Waals surface area (Å²) in [6.07, 6.45) is 1.72. The van der Waals surface area contributed by atoms with Crippen molar-refractivity contribution in [2.75, 3.05) is 19.4 Å². The molecule has 0 saturated carbocycles. The zero-order chi connectivity index (χ0) is 18.0. The normalized spacial score (nSPS) is 11.0. The molecule has 0 amide bonds. The van der Waals surface area contributed by atoms with E-state index in [-0.39, 0.29) is 10.6 Å². The van der Waals surface area contributed by atoms with Crippen LogP contribution in [-0.4, -0.2) is 28.9 Å². The summed E-state index contributed by atoms with van der Waals surface area (Å²) in [6.45, 7) is 0.575. The van der Waals surface area contributed by atoms with Crippen LogP contribution in [0.1, 0.15) is 5.56 Å². The first kappa shape index (κ1) is 17.3. The number of rotatable bonds is 5. The Morgan fingerprint density at radius 1 is 1.24 bits per heavy atom. The summed E-state index contributed by atoms with van der Waals surface area (Å²) in [6, 6.07) is 12.7. The number of non-ortho nitro benzene ring substituents is 1. The lowest BCUT2D eigenvalue weighted by atomic mass is 10.1. The molecule has 3 rings (SSSR count). The third kappa shape index (κ3) is 3.94. The van der Waals surface area contributed by atoms with Crippen LogP contribution in [0.25, 0.3) is 10.9 Å². The SMILES string of the molecule is CN(C)Cc1cc([N+](=O)[O-])cc2c(Nc3cccc(Br)c3)ccnc12. The largest absolute Gasteiger partial charge is 0.355 e. The second kappa shape index (κ2) is 7.16. The van der Waals surface area contributed by atoms with Gasteiger partial charge in [0.15, 0.2) is 0 Å². The van der Waals surface area contributed by atoms with Crippen molar-refractivity contribution in [3.63, 3.8) is 0 Å². The topological polar surface area (TPSA) is 71.3 Å². The van der Waals surface area contributed by atoms with Crippen molar-refractivity contribution in [2.45, 2.75) is 6.54 Å². The number of fused-ring (bicyclic) bond motifs is 1. The molecule has 1 heterocycles. The van der Waals surface area contributed by atoms with Gasteiger partial charge in [0.25, 0.3) is 5.69 Å². The number of pyridine rings is 1. The summed E-state index contributed by atoms with van der Waals surface area (Å²) in [5.41, 5.74) is 3.33. The highest BCUT2D eigenvalue weighted by atomic mass is 79.9. The quantitative estimate of drug-likeness (QED) is 0.495. The molecule has 0 bridgehead atoms. The smallest absolute Gasteiger partial charge is 0.270 e. The Hall–Kier alpha value is -2.51. The average Bonchev–Trinajstić information content (AvgIpc) is 2.54. The van der Waals surface area contributed by atoms with E-state index < -0.39 is 0 Å². The van der Waals surface area contributed by atoms with Crippen LogP contribution in [0.5, 0.6) is 0 Å². The number of anilines is 2. The number of benzene rings is 2. The van der Waals surface area contributed by atoms with E-state index in [1.54, 1.807) is 18.3 Å². The molecule has 3 aromatic rings. The highest BCUT2D eigenvalue weighted by Crippen LogP contribution is 2.32. The summed E-state index contributed by atoms with van der Waals surface area (Å²) >= 11 is 3.45. The minimum Gasteiger partial charge on any atom is -0.355 e. The number of nitro groups is 1. The molecule has 0 radical (unpaired) electrons. The van der Waals surface area contributed by atoms with Crippen LogP contribution in [-0.2, 0) is 6.54 Å². The molecule has 0 spiro atoms. The second-order valence-electron chi connectivity index (χ2n) is 5.99. The van der Waals surface area contributed by atoms with Crippen LogP contribution in [0.2, 0.25) is 0 Å². The van der Waals surface area contributed by atoms with Crippen molar-refractivity contribution < 1.29 is 4.92 Å². The van der Waals surface area contributed by atoms with Gasteiger partial charge in [0.2, 0.25) is 0 Å². The highest BCUT2D eigenvalue weighted by Gasteiger charge is 2.15. The Bertz CT molecular complexity index is 944. The van der Waals surface area contributed by atoms with Crippen LogP contribution < -0.4 is 5.32 Å². The molecule has 0 atom stereocenters. The van der Waals surface area contributed by atoms with Gasteiger partial charge in [-0.25, -0.2) is 0 Å². The van der Waals surface area contributed by atoms with Gasteiger partial charge >= 0.3 is 0 Å². The third-order valence-electron chi connectivity index (χ3n) is 3.71. The number of nitro benzene ring substituents is 1. The van der Waals surface area contributed by atoms with Crippen LogP contribution in [0.3, 0.4) is 0 Å². The molecular weight excluding hydrogens is 384 g/mol. The molecule has 0 fully saturated rings. The Morgan fingerprint density at radius 3 is 2.72 bits per heavy atom. The van der Waals surface area contributed by atoms with Crippen molar-refractivity contribution in [1.29, 1.82) is 0 Å². The van der Waals surface area contributed by atoms with Crippen molar-refractivity contribution in [3.8, 4) is 0 Å². The van der Waals surface area contributed by atoms with E-state index in [4.69, 9.17) is 0 Å². The highest BCUT2D eigenvalue weighted by molar-refractivity contribution is 9.10. The lowest BCUT2D eigenvalue weighted by Crippen LogP contribution is -2.11. The molecule has 0 aliphatic carbocycles.